The number of hydrogen-bond acceptors (Lipinski definition) is 6. The molecule has 0 aliphatic carbocycles. The van der Waals surface area contributed by atoms with Gasteiger partial charge in [-0.05, 0) is 66.2 Å². The first-order chi connectivity index (χ1) is 16.2. The Morgan fingerprint density at radius 2 is 1.65 bits per heavy atom. The number of rotatable bonds is 7. The van der Waals surface area contributed by atoms with Gasteiger partial charge in [-0.15, -0.1) is 0 Å². The maximum Gasteiger partial charge on any atom is 0.339 e. The average molecular weight is 496 g/mol. The van der Waals surface area contributed by atoms with Crippen molar-refractivity contribution in [2.45, 2.75) is 11.8 Å². The fourth-order valence-corrected chi connectivity index (χ4v) is 3.90. The van der Waals surface area contributed by atoms with Gasteiger partial charge in [0, 0.05) is 23.3 Å². The molecule has 2 N–H and O–H groups in total. The number of amides is 2. The van der Waals surface area contributed by atoms with E-state index >= 15 is 0 Å². The van der Waals surface area contributed by atoms with Crippen molar-refractivity contribution in [3.63, 3.8) is 0 Å². The average Bonchev–Trinajstić information content (AvgIpc) is 2.78. The molecule has 0 radical (unpaired) electrons. The first-order valence-corrected chi connectivity index (χ1v) is 11.6. The third-order valence-electron chi connectivity index (χ3n) is 4.31. The lowest BCUT2D eigenvalue weighted by Gasteiger charge is -2.08. The Balaban J connectivity index is 1.71. The van der Waals surface area contributed by atoms with Gasteiger partial charge in [0.15, 0.2) is 0 Å². The molecule has 0 fully saturated rings. The number of anilines is 2. The summed E-state index contributed by atoms with van der Waals surface area (Å²) >= 11 is 5.90. The molecule has 34 heavy (non-hydrogen) atoms. The molecule has 10 heteroatoms. The fraction of sp³-hybridized carbons (Fsp3) is 0.0417. The lowest BCUT2D eigenvalue weighted by Crippen LogP contribution is -2.13. The van der Waals surface area contributed by atoms with Gasteiger partial charge in [-0.25, -0.2) is 0 Å². The molecule has 0 heterocycles. The summed E-state index contributed by atoms with van der Waals surface area (Å²) in [5, 5.41) is 14.9. The van der Waals surface area contributed by atoms with Crippen LogP contribution in [-0.2, 0) is 19.7 Å². The Labute approximate surface area is 201 Å². The Hall–Kier alpha value is -4.13. The number of halogens is 1. The molecule has 0 unspecified atom stereocenters. The van der Waals surface area contributed by atoms with E-state index in [1.807, 2.05) is 6.07 Å². The van der Waals surface area contributed by atoms with Gasteiger partial charge in [0.05, 0.1) is 0 Å². The zero-order valence-corrected chi connectivity index (χ0v) is 19.4. The zero-order chi connectivity index (χ0) is 24.7. The van der Waals surface area contributed by atoms with Gasteiger partial charge in [0.1, 0.15) is 22.3 Å². The summed E-state index contributed by atoms with van der Waals surface area (Å²) in [7, 11) is -4.11. The minimum atomic E-state index is -4.11. The molecule has 0 saturated heterocycles. The smallest absolute Gasteiger partial charge is 0.339 e. The molecular formula is C24H18ClN3O5S. The lowest BCUT2D eigenvalue weighted by atomic mass is 10.1. The second kappa shape index (κ2) is 10.7. The van der Waals surface area contributed by atoms with Gasteiger partial charge in [-0.2, -0.15) is 13.7 Å². The molecule has 3 aromatic rings. The van der Waals surface area contributed by atoms with Gasteiger partial charge in [-0.1, -0.05) is 29.8 Å². The maximum absolute atomic E-state index is 12.5. The van der Waals surface area contributed by atoms with Crippen molar-refractivity contribution >= 4 is 51.0 Å². The topological polar surface area (TPSA) is 125 Å². The van der Waals surface area contributed by atoms with Gasteiger partial charge in [-0.3, -0.25) is 9.59 Å². The molecular weight excluding hydrogens is 478 g/mol. The number of carbonyl (C=O) groups excluding carboxylic acids is 2. The van der Waals surface area contributed by atoms with Crippen molar-refractivity contribution in [2.75, 3.05) is 10.6 Å². The van der Waals surface area contributed by atoms with Crippen molar-refractivity contribution in [1.82, 2.24) is 0 Å². The van der Waals surface area contributed by atoms with E-state index in [2.05, 4.69) is 10.6 Å². The zero-order valence-electron chi connectivity index (χ0n) is 17.8. The predicted octanol–water partition coefficient (Wildman–Crippen LogP) is 4.61. The monoisotopic (exact) mass is 495 g/mol. The first kappa shape index (κ1) is 24.5. The van der Waals surface area contributed by atoms with Crippen LogP contribution in [0, 0.1) is 11.3 Å². The Morgan fingerprint density at radius 3 is 2.24 bits per heavy atom. The van der Waals surface area contributed by atoms with Crippen LogP contribution in [-0.4, -0.2) is 20.2 Å². The van der Waals surface area contributed by atoms with Crippen molar-refractivity contribution in [3.8, 4) is 11.8 Å². The van der Waals surface area contributed by atoms with E-state index in [1.165, 1.54) is 61.5 Å². The largest absolute Gasteiger partial charge is 0.379 e. The van der Waals surface area contributed by atoms with Gasteiger partial charge in [0.25, 0.3) is 5.91 Å². The number of carbonyl (C=O) groups is 2. The van der Waals surface area contributed by atoms with Gasteiger partial charge in [0.2, 0.25) is 5.91 Å². The van der Waals surface area contributed by atoms with Crippen molar-refractivity contribution in [2.24, 2.45) is 0 Å². The van der Waals surface area contributed by atoms with E-state index in [9.17, 15) is 23.3 Å². The highest BCUT2D eigenvalue weighted by molar-refractivity contribution is 7.87. The SMILES string of the molecule is CC(=O)Nc1ccc(S(=O)(=O)Oc2ccc(/C=C(\C#N)C(=O)Nc3cccc(Cl)c3)cc2)cc1. The molecule has 172 valence electrons. The molecule has 0 saturated carbocycles. The van der Waals surface area contributed by atoms with Crippen molar-refractivity contribution < 1.29 is 22.2 Å². The number of hydrogen-bond donors (Lipinski definition) is 2. The molecule has 0 aliphatic rings. The molecule has 0 aliphatic heterocycles. The van der Waals surface area contributed by atoms with E-state index in [0.717, 1.165) is 0 Å². The summed E-state index contributed by atoms with van der Waals surface area (Å²) in [6.45, 7) is 1.35. The number of nitrogens with one attached hydrogen (secondary N) is 2. The van der Waals surface area contributed by atoms with Crippen molar-refractivity contribution in [1.29, 1.82) is 5.26 Å². The minimum Gasteiger partial charge on any atom is -0.379 e. The molecule has 3 aromatic carbocycles. The summed E-state index contributed by atoms with van der Waals surface area (Å²) in [4.78, 5) is 23.4. The maximum atomic E-state index is 12.5. The van der Waals surface area contributed by atoms with Crippen LogP contribution in [0.25, 0.3) is 6.08 Å². The first-order valence-electron chi connectivity index (χ1n) is 9.77. The predicted molar refractivity (Wildman–Crippen MR) is 129 cm³/mol. The van der Waals surface area contributed by atoms with E-state index in [1.54, 1.807) is 24.3 Å². The van der Waals surface area contributed by atoms with E-state index in [4.69, 9.17) is 15.8 Å². The van der Waals surface area contributed by atoms with Crippen LogP contribution in [0.2, 0.25) is 5.02 Å². The highest BCUT2D eigenvalue weighted by Gasteiger charge is 2.17. The van der Waals surface area contributed by atoms with E-state index < -0.39 is 16.0 Å². The Kier molecular flexibility index (Phi) is 7.68. The van der Waals surface area contributed by atoms with Crippen LogP contribution in [0.1, 0.15) is 12.5 Å². The summed E-state index contributed by atoms with van der Waals surface area (Å²) in [5.74, 6) is -0.845. The molecule has 0 atom stereocenters. The molecule has 2 amide bonds. The second-order valence-electron chi connectivity index (χ2n) is 6.95. The van der Waals surface area contributed by atoms with Crippen LogP contribution >= 0.6 is 11.6 Å². The number of benzene rings is 3. The standard InChI is InChI=1S/C24H18ClN3O5S/c1-16(29)27-20-7-11-23(12-8-20)34(31,32)33-22-9-5-17(6-10-22)13-18(15-26)24(30)28-21-4-2-3-19(25)14-21/h2-14H,1H3,(H,27,29)(H,28,30)/b18-13+. The Bertz CT molecular complexity index is 1390. The summed E-state index contributed by atoms with van der Waals surface area (Å²) in [6.07, 6.45) is 1.36. The number of nitriles is 1. The van der Waals surface area contributed by atoms with Crippen LogP contribution in [0.3, 0.4) is 0 Å². The van der Waals surface area contributed by atoms with Gasteiger partial charge < -0.3 is 14.8 Å². The van der Waals surface area contributed by atoms with E-state index in [-0.39, 0.29) is 22.1 Å². The normalized spacial score (nSPS) is 11.3. The van der Waals surface area contributed by atoms with Crippen LogP contribution in [0.5, 0.6) is 5.75 Å². The summed E-state index contributed by atoms with van der Waals surface area (Å²) in [6, 6.07) is 19.7. The second-order valence-corrected chi connectivity index (χ2v) is 8.93. The van der Waals surface area contributed by atoms with Crippen LogP contribution in [0.4, 0.5) is 11.4 Å². The molecule has 0 spiro atoms. The minimum absolute atomic E-state index is 0.0463. The van der Waals surface area contributed by atoms with Crippen LogP contribution < -0.4 is 14.8 Å². The third-order valence-corrected chi connectivity index (χ3v) is 5.80. The molecule has 0 aromatic heterocycles. The highest BCUT2D eigenvalue weighted by atomic mass is 35.5. The molecule has 3 rings (SSSR count). The highest BCUT2D eigenvalue weighted by Crippen LogP contribution is 2.22. The fourth-order valence-electron chi connectivity index (χ4n) is 2.78. The van der Waals surface area contributed by atoms with Gasteiger partial charge >= 0.3 is 10.1 Å². The molecule has 0 bridgehead atoms. The molecule has 8 nitrogen and oxygen atoms in total. The van der Waals surface area contributed by atoms with Crippen LogP contribution in [0.15, 0.2) is 83.3 Å². The summed E-state index contributed by atoms with van der Waals surface area (Å²) < 4.78 is 30.1. The third kappa shape index (κ3) is 6.68. The van der Waals surface area contributed by atoms with Crippen molar-refractivity contribution in [3.05, 3.63) is 89.0 Å². The lowest BCUT2D eigenvalue weighted by molar-refractivity contribution is -0.114. The summed E-state index contributed by atoms with van der Waals surface area (Å²) in [5.41, 5.74) is 1.23. The Morgan fingerprint density at radius 1 is 0.971 bits per heavy atom. The van der Waals surface area contributed by atoms with E-state index in [0.29, 0.717) is 22.0 Å². The number of nitrogens with zero attached hydrogens (tertiary/aromatic N) is 1. The quantitative estimate of drug-likeness (QED) is 0.280.